The number of likely N-dealkylation sites (tertiary alicyclic amines) is 1. The number of amides is 1. The van der Waals surface area contributed by atoms with Crippen LogP contribution in [0.25, 0.3) is 11.4 Å². The monoisotopic (exact) mass is 441 g/mol. The number of hydrogen-bond acceptors (Lipinski definition) is 7. The van der Waals surface area contributed by atoms with Crippen molar-refractivity contribution >= 4 is 11.9 Å². The Bertz CT molecular complexity index is 869. The lowest BCUT2D eigenvalue weighted by Gasteiger charge is -2.33. The smallest absolute Gasteiger partial charge is 0.324 e. The zero-order valence-electron chi connectivity index (χ0n) is 19.3. The number of carbonyl (C=O) groups is 1. The molecule has 1 amide bonds. The van der Waals surface area contributed by atoms with Crippen LogP contribution in [0, 0.1) is 5.92 Å². The molecule has 2 aromatic rings. The molecule has 2 aliphatic heterocycles. The topological polar surface area (TPSA) is 83.7 Å². The molecule has 2 fully saturated rings. The number of nitrogens with one attached hydrogen (secondary N) is 1. The molecule has 2 saturated heterocycles. The molecular formula is C24H35N5O3. The number of benzene rings is 1. The molecule has 0 aliphatic carbocycles. The van der Waals surface area contributed by atoms with E-state index in [0.717, 1.165) is 50.2 Å². The van der Waals surface area contributed by atoms with E-state index in [0.29, 0.717) is 24.4 Å². The molecule has 1 aromatic heterocycles. The van der Waals surface area contributed by atoms with Crippen molar-refractivity contribution in [2.75, 3.05) is 44.7 Å². The average molecular weight is 442 g/mol. The van der Waals surface area contributed by atoms with Crippen molar-refractivity contribution in [3.63, 3.8) is 0 Å². The predicted molar refractivity (Wildman–Crippen MR) is 124 cm³/mol. The molecule has 0 unspecified atom stereocenters. The van der Waals surface area contributed by atoms with E-state index >= 15 is 0 Å². The largest absolute Gasteiger partial charge is 0.497 e. The van der Waals surface area contributed by atoms with Gasteiger partial charge in [-0.1, -0.05) is 11.6 Å². The van der Waals surface area contributed by atoms with Crippen molar-refractivity contribution < 1.29 is 14.1 Å². The average Bonchev–Trinajstić information content (AvgIpc) is 3.33. The van der Waals surface area contributed by atoms with Crippen LogP contribution in [0.2, 0.25) is 0 Å². The zero-order valence-corrected chi connectivity index (χ0v) is 19.3. The normalized spacial score (nSPS) is 22.0. The third-order valence-electron chi connectivity index (χ3n) is 6.69. The lowest BCUT2D eigenvalue weighted by Crippen LogP contribution is -2.44. The first kappa shape index (κ1) is 22.6. The molecule has 4 rings (SSSR count). The number of nitrogens with zero attached hydrogens (tertiary/aromatic N) is 4. The number of anilines is 1. The summed E-state index contributed by atoms with van der Waals surface area (Å²) in [5.41, 5.74) is 0.870. The number of hydrogen-bond donors (Lipinski definition) is 1. The van der Waals surface area contributed by atoms with Gasteiger partial charge in [-0.25, -0.2) is 0 Å². The Morgan fingerprint density at radius 1 is 1.19 bits per heavy atom. The maximum atomic E-state index is 12.7. The minimum absolute atomic E-state index is 0.0472. The summed E-state index contributed by atoms with van der Waals surface area (Å²) < 4.78 is 10.7. The summed E-state index contributed by atoms with van der Waals surface area (Å²) in [5.74, 6) is 1.42. The molecule has 0 bridgehead atoms. The van der Waals surface area contributed by atoms with Crippen LogP contribution in [0.3, 0.4) is 0 Å². The highest BCUT2D eigenvalue weighted by molar-refractivity contribution is 5.79. The first-order valence-corrected chi connectivity index (χ1v) is 11.9. The number of methoxy groups -OCH3 is 1. The van der Waals surface area contributed by atoms with Crippen LogP contribution in [0.4, 0.5) is 6.01 Å². The fraction of sp³-hybridized carbons (Fsp3) is 0.625. The van der Waals surface area contributed by atoms with Gasteiger partial charge in [-0.05, 0) is 69.8 Å². The molecule has 174 valence electrons. The van der Waals surface area contributed by atoms with Gasteiger partial charge in [0.15, 0.2) is 0 Å². The van der Waals surface area contributed by atoms with Crippen molar-refractivity contribution in [2.24, 2.45) is 5.92 Å². The lowest BCUT2D eigenvalue weighted by atomic mass is 9.97. The van der Waals surface area contributed by atoms with Crippen molar-refractivity contribution in [3.05, 3.63) is 24.3 Å². The second-order valence-electron chi connectivity index (χ2n) is 8.94. The van der Waals surface area contributed by atoms with Crippen LogP contribution in [0.5, 0.6) is 5.75 Å². The zero-order chi connectivity index (χ0) is 22.3. The maximum Gasteiger partial charge on any atom is 0.324 e. The first-order chi connectivity index (χ1) is 15.6. The van der Waals surface area contributed by atoms with Gasteiger partial charge in [0.2, 0.25) is 11.7 Å². The molecule has 0 spiro atoms. The van der Waals surface area contributed by atoms with Gasteiger partial charge in [0, 0.05) is 37.8 Å². The number of aromatic nitrogens is 2. The van der Waals surface area contributed by atoms with Crippen LogP contribution in [0.15, 0.2) is 28.8 Å². The lowest BCUT2D eigenvalue weighted by molar-refractivity contribution is -0.125. The molecule has 32 heavy (non-hydrogen) atoms. The molecule has 3 heterocycles. The van der Waals surface area contributed by atoms with Gasteiger partial charge in [-0.3, -0.25) is 4.79 Å². The van der Waals surface area contributed by atoms with Gasteiger partial charge in [-0.2, -0.15) is 4.98 Å². The van der Waals surface area contributed by atoms with Gasteiger partial charge in [0.1, 0.15) is 5.75 Å². The van der Waals surface area contributed by atoms with E-state index in [-0.39, 0.29) is 11.8 Å². The molecule has 2 aliphatic rings. The van der Waals surface area contributed by atoms with E-state index in [1.54, 1.807) is 7.11 Å². The molecule has 2 atom stereocenters. The van der Waals surface area contributed by atoms with Crippen LogP contribution in [-0.4, -0.2) is 66.8 Å². The molecule has 0 saturated carbocycles. The number of piperidine rings is 2. The van der Waals surface area contributed by atoms with E-state index in [4.69, 9.17) is 9.26 Å². The molecular weight excluding hydrogens is 406 g/mol. The fourth-order valence-electron chi connectivity index (χ4n) is 4.69. The number of carbonyl (C=O) groups excluding carboxylic acids is 1. The summed E-state index contributed by atoms with van der Waals surface area (Å²) in [6.45, 7) is 6.73. The van der Waals surface area contributed by atoms with Gasteiger partial charge in [-0.15, -0.1) is 0 Å². The van der Waals surface area contributed by atoms with E-state index in [1.807, 2.05) is 29.2 Å². The summed E-state index contributed by atoms with van der Waals surface area (Å²) in [4.78, 5) is 21.9. The molecule has 8 heteroatoms. The summed E-state index contributed by atoms with van der Waals surface area (Å²) in [6, 6.07) is 8.71. The van der Waals surface area contributed by atoms with Crippen LogP contribution in [-0.2, 0) is 4.79 Å². The predicted octanol–water partition coefficient (Wildman–Crippen LogP) is 3.34. The second kappa shape index (κ2) is 10.8. The Morgan fingerprint density at radius 2 is 2.03 bits per heavy atom. The van der Waals surface area contributed by atoms with E-state index in [2.05, 4.69) is 27.3 Å². The van der Waals surface area contributed by atoms with Crippen LogP contribution >= 0.6 is 0 Å². The van der Waals surface area contributed by atoms with Crippen molar-refractivity contribution in [1.29, 1.82) is 0 Å². The molecule has 1 aromatic carbocycles. The van der Waals surface area contributed by atoms with Crippen LogP contribution < -0.4 is 15.0 Å². The number of rotatable bonds is 8. The Balaban J connectivity index is 1.25. The highest BCUT2D eigenvalue weighted by Crippen LogP contribution is 2.26. The van der Waals surface area contributed by atoms with Gasteiger partial charge in [0.25, 0.3) is 0 Å². The minimum Gasteiger partial charge on any atom is -0.497 e. The van der Waals surface area contributed by atoms with Crippen LogP contribution in [0.1, 0.15) is 45.4 Å². The third-order valence-corrected chi connectivity index (χ3v) is 6.69. The summed E-state index contributed by atoms with van der Waals surface area (Å²) >= 11 is 0. The summed E-state index contributed by atoms with van der Waals surface area (Å²) in [6.07, 6.45) is 6.76. The minimum atomic E-state index is -0.0472. The van der Waals surface area contributed by atoms with Gasteiger partial charge in [0.05, 0.1) is 13.0 Å². The Hall–Kier alpha value is -2.61. The Labute approximate surface area is 190 Å². The third kappa shape index (κ3) is 5.59. The summed E-state index contributed by atoms with van der Waals surface area (Å²) in [7, 11) is 1.64. The number of ether oxygens (including phenoxy) is 1. The van der Waals surface area contributed by atoms with Crippen molar-refractivity contribution in [3.8, 4) is 17.1 Å². The van der Waals surface area contributed by atoms with Gasteiger partial charge >= 0.3 is 6.01 Å². The van der Waals surface area contributed by atoms with E-state index in [9.17, 15) is 4.79 Å². The van der Waals surface area contributed by atoms with Crippen molar-refractivity contribution in [2.45, 2.75) is 51.5 Å². The van der Waals surface area contributed by atoms with E-state index in [1.165, 1.54) is 25.8 Å². The molecule has 1 N–H and O–H groups in total. The fourth-order valence-corrected chi connectivity index (χ4v) is 4.69. The Morgan fingerprint density at radius 3 is 2.81 bits per heavy atom. The van der Waals surface area contributed by atoms with Crippen molar-refractivity contribution in [1.82, 2.24) is 20.4 Å². The quantitative estimate of drug-likeness (QED) is 0.629. The SMILES string of the molecule is COc1ccc(-c2noc(N3CCC[C@H](C(=O)NCCCN4CCCC[C@@H]4C)C3)n2)cc1. The Kier molecular flexibility index (Phi) is 7.63. The summed E-state index contributed by atoms with van der Waals surface area (Å²) in [5, 5.41) is 7.27. The van der Waals surface area contributed by atoms with Gasteiger partial charge < -0.3 is 24.4 Å². The standard InChI is InChI=1S/C24H35N5O3/c1-18-7-3-4-14-28(18)16-6-13-25-23(30)20-8-5-15-29(17-20)24-26-22(27-32-24)19-9-11-21(31-2)12-10-19/h9-12,18,20H,3-8,13-17H2,1-2H3,(H,25,30)/t18-,20-/m0/s1. The highest BCUT2D eigenvalue weighted by Gasteiger charge is 2.28. The van der Waals surface area contributed by atoms with E-state index < -0.39 is 0 Å². The second-order valence-corrected chi connectivity index (χ2v) is 8.94. The molecule has 0 radical (unpaired) electrons. The molecule has 8 nitrogen and oxygen atoms in total. The maximum absolute atomic E-state index is 12.7. The first-order valence-electron chi connectivity index (χ1n) is 11.9. The highest BCUT2D eigenvalue weighted by atomic mass is 16.5.